The number of hydrogen-bond donors (Lipinski definition) is 10. The number of phenols is 1. The Morgan fingerprint density at radius 3 is 2.44 bits per heavy atom. The van der Waals surface area contributed by atoms with Gasteiger partial charge in [-0.3, -0.25) is 0 Å². The Kier molecular flexibility index (Phi) is 18.7. The zero-order valence-corrected chi connectivity index (χ0v) is 48.5. The van der Waals surface area contributed by atoms with Crippen LogP contribution in [0.3, 0.4) is 0 Å². The average molecular weight is 1140 g/mol. The van der Waals surface area contributed by atoms with E-state index in [2.05, 4.69) is 102 Å². The minimum atomic E-state index is -1.08. The van der Waals surface area contributed by atoms with Crippen molar-refractivity contribution in [3.8, 4) is 23.3 Å². The third-order valence-corrected chi connectivity index (χ3v) is 22.4. The van der Waals surface area contributed by atoms with E-state index >= 15 is 0 Å². The number of allylic oxidation sites excluding steroid dienone is 3. The van der Waals surface area contributed by atoms with Crippen LogP contribution in [0.2, 0.25) is 0 Å². The predicted octanol–water partition coefficient (Wildman–Crippen LogP) is 8.89. The number of phenolic OH excluding ortho intramolecular Hbond substituents is 1. The number of aliphatic hydroxyl groups excluding tert-OH is 6. The molecule has 1 spiro atoms. The Morgan fingerprint density at radius 2 is 1.67 bits per heavy atom. The topological polar surface area (TPSA) is 214 Å². The molecular weight excluding hydrogens is 1050 g/mol. The lowest BCUT2D eigenvalue weighted by Gasteiger charge is -2.54. The van der Waals surface area contributed by atoms with Crippen molar-refractivity contribution in [1.82, 2.24) is 10.3 Å². The number of aromatic nitrogens is 1. The summed E-state index contributed by atoms with van der Waals surface area (Å²) in [6.07, 6.45) is 11.0. The number of aromatic amines is 1. The minimum Gasteiger partial charge on any atom is -0.504 e. The van der Waals surface area contributed by atoms with Crippen LogP contribution in [0.5, 0.6) is 11.5 Å². The van der Waals surface area contributed by atoms with Gasteiger partial charge < -0.3 is 61.3 Å². The SMILES string of the molecule is CCC1Cc2cc(O)c(OC3CC(Cc4ccc[nH]4)C4=CCNC(N)=C4CSSCC(CO)C3O)cc2C2CC(O)C3C(C#CC4(CC(O)CCC3OCCO)CC(c3ccccc3)C3Cc5ccccc5CCCC3C4CO)C=C12. The van der Waals surface area contributed by atoms with Gasteiger partial charge in [-0.15, -0.1) is 0 Å². The molecule has 16 unspecified atom stereocenters. The van der Waals surface area contributed by atoms with Crippen molar-refractivity contribution < 1.29 is 45.2 Å². The van der Waals surface area contributed by atoms with Crippen LogP contribution >= 0.6 is 21.6 Å². The summed E-state index contributed by atoms with van der Waals surface area (Å²) in [5.74, 6) is 8.43. The van der Waals surface area contributed by atoms with Gasteiger partial charge in [0.2, 0.25) is 0 Å². The molecule has 0 radical (unpaired) electrons. The standard InChI is InChI=1S/C67H85N3O9S2/c1-2-40-26-45-30-59(75)62(79-63-31-46(27-48-15-9-22-69-48)50-20-23-70-66(68)57(50)39-81-80-38-47(36-72)65(63)77)33-53(45)55-32-60(76)64-44(29-52(40)55)19-21-67(34-49(74)17-18-61(64)78-25-24-71)35-56(42-11-4-3-5-12-42)54-28-43-13-7-6-10-41(43)14-8-16-51(54)58(67)37-73/h3-7,9-13,15,20,22,29-30,33,40,44,46-47,49,51,54-56,58,60-61,63-65,69-77H,2,8,14,16-18,23-28,31-32,34-39,68H2,1H3. The van der Waals surface area contributed by atoms with Gasteiger partial charge >= 0.3 is 0 Å². The Hall–Kier alpha value is -4.66. The maximum Gasteiger partial charge on any atom is 0.161 e. The number of nitrogens with one attached hydrogen (secondary N) is 2. The first kappa shape index (κ1) is 58.1. The van der Waals surface area contributed by atoms with Crippen LogP contribution in [0.25, 0.3) is 0 Å². The Bertz CT molecular complexity index is 2940. The molecule has 0 bridgehead atoms. The van der Waals surface area contributed by atoms with Crippen LogP contribution in [0.15, 0.2) is 120 Å². The lowest BCUT2D eigenvalue weighted by molar-refractivity contribution is -0.0716. The van der Waals surface area contributed by atoms with E-state index in [-0.39, 0.29) is 79.4 Å². The number of H-pyrrole nitrogens is 1. The molecule has 11 N–H and O–H groups in total. The number of rotatable bonds is 11. The summed E-state index contributed by atoms with van der Waals surface area (Å²) >= 11 is 0. The molecule has 5 aliphatic carbocycles. The van der Waals surface area contributed by atoms with E-state index in [1.807, 2.05) is 24.4 Å². The fourth-order valence-corrected chi connectivity index (χ4v) is 18.6. The molecule has 0 amide bonds. The third-order valence-electron chi connectivity index (χ3n) is 20.0. The summed E-state index contributed by atoms with van der Waals surface area (Å²) in [7, 11) is 3.25. The highest BCUT2D eigenvalue weighted by Gasteiger charge is 2.54. The molecule has 434 valence electrons. The first-order valence-corrected chi connectivity index (χ1v) is 32.6. The Labute approximate surface area is 486 Å². The van der Waals surface area contributed by atoms with E-state index in [1.54, 1.807) is 21.6 Å². The second kappa shape index (κ2) is 26.1. The molecule has 11 rings (SSSR count). The average Bonchev–Trinajstić information content (AvgIpc) is 4.05. The lowest BCUT2D eigenvalue weighted by Crippen LogP contribution is -2.50. The number of benzene rings is 3. The highest BCUT2D eigenvalue weighted by molar-refractivity contribution is 8.76. The molecule has 1 aromatic heterocycles. The molecule has 2 aliphatic heterocycles. The van der Waals surface area contributed by atoms with Gasteiger partial charge in [-0.25, -0.2) is 0 Å². The van der Waals surface area contributed by atoms with Gasteiger partial charge in [0.25, 0.3) is 0 Å². The number of hydrogen-bond acceptors (Lipinski definition) is 13. The summed E-state index contributed by atoms with van der Waals surface area (Å²) in [4.78, 5) is 3.38. The fourth-order valence-electron chi connectivity index (χ4n) is 16.0. The van der Waals surface area contributed by atoms with E-state index in [9.17, 15) is 35.7 Å². The summed E-state index contributed by atoms with van der Waals surface area (Å²) in [5, 5.41) is 86.1. The van der Waals surface area contributed by atoms with Crippen molar-refractivity contribution in [2.24, 2.45) is 58.5 Å². The number of ether oxygens (including phenoxy) is 2. The highest BCUT2D eigenvalue weighted by atomic mass is 33.1. The van der Waals surface area contributed by atoms with E-state index in [1.165, 1.54) is 22.3 Å². The molecule has 4 aromatic rings. The summed E-state index contributed by atoms with van der Waals surface area (Å²) in [6.45, 7) is 2.38. The van der Waals surface area contributed by atoms with Gasteiger partial charge in [-0.1, -0.05) is 113 Å². The molecule has 81 heavy (non-hydrogen) atoms. The molecule has 12 nitrogen and oxygen atoms in total. The van der Waals surface area contributed by atoms with Gasteiger partial charge in [-0.05, 0) is 171 Å². The van der Waals surface area contributed by atoms with Crippen molar-refractivity contribution in [3.63, 3.8) is 0 Å². The molecule has 7 aliphatic rings. The molecule has 3 heterocycles. The summed E-state index contributed by atoms with van der Waals surface area (Å²) < 4.78 is 13.6. The number of aryl methyl sites for hydroxylation is 1. The van der Waals surface area contributed by atoms with Crippen LogP contribution in [0, 0.1) is 64.6 Å². The number of aromatic hydroxyl groups is 1. The molecule has 1 saturated heterocycles. The van der Waals surface area contributed by atoms with E-state index in [0.717, 1.165) is 60.1 Å². The fraction of sp³-hybridized carbons (Fsp3) is 0.552. The van der Waals surface area contributed by atoms with Gasteiger partial charge in [0.05, 0.1) is 37.6 Å². The largest absolute Gasteiger partial charge is 0.504 e. The van der Waals surface area contributed by atoms with Gasteiger partial charge in [0.1, 0.15) is 11.9 Å². The van der Waals surface area contributed by atoms with E-state index in [0.29, 0.717) is 75.2 Å². The Balaban J connectivity index is 0.993. The zero-order valence-electron chi connectivity index (χ0n) is 46.9. The van der Waals surface area contributed by atoms with Crippen molar-refractivity contribution in [2.75, 3.05) is 44.5 Å². The van der Waals surface area contributed by atoms with Crippen molar-refractivity contribution in [1.29, 1.82) is 0 Å². The van der Waals surface area contributed by atoms with Gasteiger partial charge in [0.15, 0.2) is 11.5 Å². The molecule has 14 heteroatoms. The van der Waals surface area contributed by atoms with Crippen LogP contribution in [-0.2, 0) is 30.4 Å². The van der Waals surface area contributed by atoms with Crippen LogP contribution < -0.4 is 15.8 Å². The number of dihydropyridines is 1. The normalized spacial score (nSPS) is 34.4. The molecule has 16 atom stereocenters. The van der Waals surface area contributed by atoms with Gasteiger partial charge in [-0.2, -0.15) is 0 Å². The van der Waals surface area contributed by atoms with E-state index in [4.69, 9.17) is 15.2 Å². The smallest absolute Gasteiger partial charge is 0.161 e. The first-order chi connectivity index (χ1) is 39.5. The van der Waals surface area contributed by atoms with Crippen molar-refractivity contribution >= 4 is 21.6 Å². The van der Waals surface area contributed by atoms with Crippen LogP contribution in [-0.4, -0.2) is 116 Å². The second-order valence-electron chi connectivity index (χ2n) is 24.6. The molecular formula is C67H85N3O9S2. The lowest BCUT2D eigenvalue weighted by atomic mass is 9.50. The number of nitrogens with two attached hydrogens (primary N) is 1. The zero-order chi connectivity index (χ0) is 56.2. The minimum absolute atomic E-state index is 0.0270. The second-order valence-corrected chi connectivity index (χ2v) is 27.1. The quantitative estimate of drug-likeness (QED) is 0.0387. The summed E-state index contributed by atoms with van der Waals surface area (Å²) in [6, 6.07) is 27.5. The summed E-state index contributed by atoms with van der Waals surface area (Å²) in [5.41, 5.74) is 16.3. The van der Waals surface area contributed by atoms with Crippen LogP contribution in [0.4, 0.5) is 0 Å². The number of aliphatic hydroxyl groups is 6. The maximum atomic E-state index is 13.0. The molecule has 2 fully saturated rings. The predicted molar refractivity (Wildman–Crippen MR) is 321 cm³/mol. The first-order valence-electron chi connectivity index (χ1n) is 30.2. The molecule has 3 aromatic carbocycles. The van der Waals surface area contributed by atoms with Crippen molar-refractivity contribution in [3.05, 3.63) is 153 Å². The maximum absolute atomic E-state index is 13.0. The van der Waals surface area contributed by atoms with E-state index < -0.39 is 53.7 Å². The number of fused-ring (bicyclic) bond motifs is 7. The van der Waals surface area contributed by atoms with Crippen molar-refractivity contribution in [2.45, 2.75) is 133 Å². The molecule has 1 saturated carbocycles. The Morgan fingerprint density at radius 1 is 0.840 bits per heavy atom. The monoisotopic (exact) mass is 1140 g/mol. The highest BCUT2D eigenvalue weighted by Crippen LogP contribution is 2.59. The van der Waals surface area contributed by atoms with Crippen LogP contribution in [0.1, 0.15) is 110 Å². The van der Waals surface area contributed by atoms with Gasteiger partial charge in [0, 0.05) is 83.7 Å². The third kappa shape index (κ3) is 12.3.